The lowest BCUT2D eigenvalue weighted by atomic mass is 9.46. The summed E-state index contributed by atoms with van der Waals surface area (Å²) in [4.78, 5) is 12.3. The first-order valence-corrected chi connectivity index (χ1v) is 12.7. The summed E-state index contributed by atoms with van der Waals surface area (Å²) in [5, 5.41) is 31.3. The Morgan fingerprint density at radius 1 is 1.19 bits per heavy atom. The molecule has 0 amide bonds. The van der Waals surface area contributed by atoms with E-state index in [9.17, 15) is 20.1 Å². The SMILES string of the molecule is C[C@H](CCC(=O)C(C)(C)O)[C@H]1CC[C@H]2[C@@H]3CC=C4C[C@@H](O)C[C@H](O)[C@]4(C)[C@H]3CC[C@]12C. The van der Waals surface area contributed by atoms with Gasteiger partial charge in [-0.2, -0.15) is 0 Å². The van der Waals surface area contributed by atoms with Gasteiger partial charge in [-0.25, -0.2) is 0 Å². The van der Waals surface area contributed by atoms with Crippen LogP contribution in [0.1, 0.15) is 92.4 Å². The molecule has 4 heteroatoms. The molecule has 0 aromatic heterocycles. The number of ketones is 1. The number of carbonyl (C=O) groups is 1. The maximum Gasteiger partial charge on any atom is 0.163 e. The summed E-state index contributed by atoms with van der Waals surface area (Å²) in [6.45, 7) is 10.3. The van der Waals surface area contributed by atoms with E-state index in [0.717, 1.165) is 25.7 Å². The molecule has 0 saturated heterocycles. The monoisotopic (exact) mass is 432 g/mol. The number of rotatable bonds is 5. The fraction of sp³-hybridized carbons (Fsp3) is 0.889. The molecule has 176 valence electrons. The molecule has 0 radical (unpaired) electrons. The lowest BCUT2D eigenvalue weighted by Gasteiger charge is -2.59. The van der Waals surface area contributed by atoms with E-state index >= 15 is 0 Å². The third-order valence-electron chi connectivity index (χ3n) is 10.4. The lowest BCUT2D eigenvalue weighted by molar-refractivity contribution is -0.134. The summed E-state index contributed by atoms with van der Waals surface area (Å²) >= 11 is 0. The topological polar surface area (TPSA) is 77.8 Å². The van der Waals surface area contributed by atoms with Crippen molar-refractivity contribution in [2.75, 3.05) is 0 Å². The number of aliphatic hydroxyl groups is 3. The molecule has 3 N–H and O–H groups in total. The summed E-state index contributed by atoms with van der Waals surface area (Å²) in [6, 6.07) is 0. The van der Waals surface area contributed by atoms with E-state index in [1.54, 1.807) is 13.8 Å². The normalized spacial score (nSPS) is 45.9. The first-order chi connectivity index (χ1) is 14.4. The van der Waals surface area contributed by atoms with Crippen molar-refractivity contribution in [1.82, 2.24) is 0 Å². The van der Waals surface area contributed by atoms with E-state index < -0.39 is 17.8 Å². The number of fused-ring (bicyclic) bond motifs is 5. The van der Waals surface area contributed by atoms with E-state index in [1.807, 2.05) is 0 Å². The Hall–Kier alpha value is -0.710. The average Bonchev–Trinajstić information content (AvgIpc) is 3.03. The summed E-state index contributed by atoms with van der Waals surface area (Å²) in [6.07, 6.45) is 10.0. The molecule has 0 aromatic rings. The summed E-state index contributed by atoms with van der Waals surface area (Å²) in [5.74, 6) is 2.88. The molecule has 4 nitrogen and oxygen atoms in total. The molecule has 0 unspecified atom stereocenters. The van der Waals surface area contributed by atoms with Gasteiger partial charge in [-0.3, -0.25) is 4.79 Å². The fourth-order valence-corrected chi connectivity index (χ4v) is 8.54. The van der Waals surface area contributed by atoms with E-state index in [1.165, 1.54) is 24.8 Å². The molecular formula is C27H44O4. The second-order valence-electron chi connectivity index (χ2n) is 12.5. The minimum absolute atomic E-state index is 0.0471. The molecule has 9 atom stereocenters. The second-order valence-corrected chi connectivity index (χ2v) is 12.5. The van der Waals surface area contributed by atoms with Gasteiger partial charge in [0.2, 0.25) is 0 Å². The van der Waals surface area contributed by atoms with Crippen molar-refractivity contribution in [1.29, 1.82) is 0 Å². The molecule has 4 rings (SSSR count). The number of allylic oxidation sites excluding steroid dienone is 1. The fourth-order valence-electron chi connectivity index (χ4n) is 8.54. The standard InChI is InChI=1S/C27H44O4/c1-16(6-11-23(29)25(2,3)31)20-9-10-21-19-8-7-17-14-18(28)15-24(30)27(17,5)22(19)12-13-26(20,21)4/h7,16,18-22,24,28,30-31H,6,8-15H2,1-5H3/t16-,18-,19+,20-,21+,22+,24+,26-,27+/m1/s1. The summed E-state index contributed by atoms with van der Waals surface area (Å²) in [5.41, 5.74) is 0.207. The zero-order valence-corrected chi connectivity index (χ0v) is 20.2. The molecular weight excluding hydrogens is 388 g/mol. The zero-order valence-electron chi connectivity index (χ0n) is 20.2. The van der Waals surface area contributed by atoms with Crippen molar-refractivity contribution in [2.45, 2.75) is 110 Å². The smallest absolute Gasteiger partial charge is 0.163 e. The van der Waals surface area contributed by atoms with Crippen LogP contribution in [-0.2, 0) is 4.79 Å². The minimum Gasteiger partial charge on any atom is -0.393 e. The van der Waals surface area contributed by atoms with Gasteiger partial charge < -0.3 is 15.3 Å². The Balaban J connectivity index is 1.51. The second kappa shape index (κ2) is 7.95. The molecule has 4 aliphatic rings. The van der Waals surface area contributed by atoms with Gasteiger partial charge in [0.1, 0.15) is 5.60 Å². The van der Waals surface area contributed by atoms with Gasteiger partial charge in [-0.1, -0.05) is 32.4 Å². The quantitative estimate of drug-likeness (QED) is 0.553. The minimum atomic E-state index is -1.23. The highest BCUT2D eigenvalue weighted by Gasteiger charge is 2.60. The first kappa shape index (κ1) is 23.4. The highest BCUT2D eigenvalue weighted by molar-refractivity contribution is 5.86. The van der Waals surface area contributed by atoms with Crippen molar-refractivity contribution in [3.63, 3.8) is 0 Å². The van der Waals surface area contributed by atoms with Gasteiger partial charge in [0.15, 0.2) is 5.78 Å². The van der Waals surface area contributed by atoms with Gasteiger partial charge >= 0.3 is 0 Å². The molecule has 0 aliphatic heterocycles. The Kier molecular flexibility index (Phi) is 6.02. The molecule has 0 aromatic carbocycles. The molecule has 0 bridgehead atoms. The average molecular weight is 433 g/mol. The van der Waals surface area contributed by atoms with Gasteiger partial charge in [0, 0.05) is 18.3 Å². The number of hydrogen-bond acceptors (Lipinski definition) is 4. The van der Waals surface area contributed by atoms with E-state index in [4.69, 9.17) is 0 Å². The Labute approximate surface area is 188 Å². The maximum atomic E-state index is 12.3. The molecule has 0 spiro atoms. The van der Waals surface area contributed by atoms with Crippen molar-refractivity contribution >= 4 is 5.78 Å². The number of carbonyl (C=O) groups excluding carboxylic acids is 1. The molecule has 3 saturated carbocycles. The highest BCUT2D eigenvalue weighted by Crippen LogP contribution is 2.67. The predicted molar refractivity (Wildman–Crippen MR) is 122 cm³/mol. The van der Waals surface area contributed by atoms with Gasteiger partial charge in [-0.05, 0) is 93.8 Å². The number of Topliss-reactive ketones (excluding diaryl/α,β-unsaturated/α-hetero) is 1. The molecule has 3 fully saturated rings. The van der Waals surface area contributed by atoms with Crippen LogP contribution in [0.25, 0.3) is 0 Å². The van der Waals surface area contributed by atoms with Crippen LogP contribution in [0.3, 0.4) is 0 Å². The third-order valence-corrected chi connectivity index (χ3v) is 10.4. The van der Waals surface area contributed by atoms with Gasteiger partial charge in [-0.15, -0.1) is 0 Å². The molecule has 4 aliphatic carbocycles. The van der Waals surface area contributed by atoms with Gasteiger partial charge in [0.05, 0.1) is 12.2 Å². The van der Waals surface area contributed by atoms with Crippen LogP contribution in [0.5, 0.6) is 0 Å². The highest BCUT2D eigenvalue weighted by atomic mass is 16.3. The van der Waals surface area contributed by atoms with Crippen molar-refractivity contribution in [3.8, 4) is 0 Å². The van der Waals surface area contributed by atoms with Crippen molar-refractivity contribution in [3.05, 3.63) is 11.6 Å². The zero-order chi connectivity index (χ0) is 22.8. The van der Waals surface area contributed by atoms with Crippen LogP contribution in [0.15, 0.2) is 11.6 Å². The van der Waals surface area contributed by atoms with Crippen LogP contribution < -0.4 is 0 Å². The Morgan fingerprint density at radius 3 is 2.58 bits per heavy atom. The van der Waals surface area contributed by atoms with E-state index in [2.05, 4.69) is 26.8 Å². The predicted octanol–water partition coefficient (Wildman–Crippen LogP) is 4.65. The van der Waals surface area contributed by atoms with Crippen molar-refractivity contribution < 1.29 is 20.1 Å². The van der Waals surface area contributed by atoms with E-state index in [0.29, 0.717) is 47.8 Å². The van der Waals surface area contributed by atoms with Crippen LogP contribution in [0.2, 0.25) is 0 Å². The van der Waals surface area contributed by atoms with Crippen LogP contribution in [-0.4, -0.2) is 38.9 Å². The van der Waals surface area contributed by atoms with E-state index in [-0.39, 0.29) is 11.2 Å². The number of hydrogen-bond donors (Lipinski definition) is 3. The van der Waals surface area contributed by atoms with Crippen molar-refractivity contribution in [2.24, 2.45) is 40.4 Å². The largest absolute Gasteiger partial charge is 0.393 e. The van der Waals surface area contributed by atoms with Crippen LogP contribution >= 0.6 is 0 Å². The Morgan fingerprint density at radius 2 is 1.90 bits per heavy atom. The number of aliphatic hydroxyl groups excluding tert-OH is 2. The van der Waals surface area contributed by atoms with Gasteiger partial charge in [0.25, 0.3) is 0 Å². The summed E-state index contributed by atoms with van der Waals surface area (Å²) < 4.78 is 0. The molecule has 31 heavy (non-hydrogen) atoms. The van der Waals surface area contributed by atoms with Crippen LogP contribution in [0, 0.1) is 40.4 Å². The van der Waals surface area contributed by atoms with Crippen LogP contribution in [0.4, 0.5) is 0 Å². The maximum absolute atomic E-state index is 12.3. The Bertz CT molecular complexity index is 736. The molecule has 0 heterocycles. The lowest BCUT2D eigenvalue weighted by Crippen LogP contribution is -2.55. The third kappa shape index (κ3) is 3.75. The summed E-state index contributed by atoms with van der Waals surface area (Å²) in [7, 11) is 0. The first-order valence-electron chi connectivity index (χ1n) is 12.7.